The first-order valence-electron chi connectivity index (χ1n) is 9.05. The van der Waals surface area contributed by atoms with E-state index in [-0.39, 0.29) is 36.6 Å². The van der Waals surface area contributed by atoms with E-state index in [1.807, 2.05) is 0 Å². The summed E-state index contributed by atoms with van der Waals surface area (Å²) in [5.41, 5.74) is -0.212. The molecule has 0 saturated carbocycles. The van der Waals surface area contributed by atoms with Crippen LogP contribution in [0.5, 0.6) is 11.5 Å². The average Bonchev–Trinajstić information content (AvgIpc) is 2.63. The highest BCUT2D eigenvalue weighted by Crippen LogP contribution is 2.41. The Morgan fingerprint density at radius 3 is 2.57 bits per heavy atom. The van der Waals surface area contributed by atoms with E-state index in [2.05, 4.69) is 0 Å². The lowest BCUT2D eigenvalue weighted by atomic mass is 9.83. The van der Waals surface area contributed by atoms with E-state index < -0.39 is 27.2 Å². The SMILES string of the molecule is O=C1CC2(CCN(S(=O)(=O)Cc3ccccc3F)CC2)Oc2cc(O)ccc21. The molecule has 6 nitrogen and oxygen atoms in total. The molecule has 2 aromatic carbocycles. The molecule has 2 aromatic rings. The molecule has 0 bridgehead atoms. The fourth-order valence-electron chi connectivity index (χ4n) is 3.84. The number of carbonyl (C=O) groups is 1. The average molecular weight is 405 g/mol. The zero-order valence-corrected chi connectivity index (χ0v) is 15.9. The van der Waals surface area contributed by atoms with Crippen molar-refractivity contribution < 1.29 is 27.4 Å². The molecular formula is C20H20FNO5S. The number of carbonyl (C=O) groups excluding carboxylic acids is 1. The van der Waals surface area contributed by atoms with Crippen molar-refractivity contribution in [2.45, 2.75) is 30.6 Å². The van der Waals surface area contributed by atoms with E-state index in [1.165, 1.54) is 40.7 Å². The Bertz CT molecular complexity index is 1030. The van der Waals surface area contributed by atoms with Crippen LogP contribution in [0, 0.1) is 5.82 Å². The number of rotatable bonds is 3. The highest BCUT2D eigenvalue weighted by molar-refractivity contribution is 7.88. The van der Waals surface area contributed by atoms with Gasteiger partial charge in [-0.3, -0.25) is 4.79 Å². The van der Waals surface area contributed by atoms with Crippen molar-refractivity contribution in [3.05, 3.63) is 59.4 Å². The molecule has 1 saturated heterocycles. The summed E-state index contributed by atoms with van der Waals surface area (Å²) in [6.07, 6.45) is 0.876. The Hall–Kier alpha value is -2.45. The summed E-state index contributed by atoms with van der Waals surface area (Å²) in [7, 11) is -3.68. The van der Waals surface area contributed by atoms with Crippen molar-refractivity contribution in [2.24, 2.45) is 0 Å². The van der Waals surface area contributed by atoms with Crippen LogP contribution >= 0.6 is 0 Å². The van der Waals surface area contributed by atoms with Gasteiger partial charge in [0, 0.05) is 37.6 Å². The highest BCUT2D eigenvalue weighted by Gasteiger charge is 2.44. The molecule has 2 aliphatic rings. The third-order valence-electron chi connectivity index (χ3n) is 5.40. The molecule has 1 fully saturated rings. The Kier molecular flexibility index (Phi) is 4.63. The monoisotopic (exact) mass is 405 g/mol. The number of Topliss-reactive ketones (excluding diaryl/α,β-unsaturated/α-hetero) is 1. The van der Waals surface area contributed by atoms with Crippen LogP contribution in [0.1, 0.15) is 35.2 Å². The first kappa shape index (κ1) is 18.9. The molecule has 4 rings (SSSR count). The number of hydrogen-bond acceptors (Lipinski definition) is 5. The summed E-state index contributed by atoms with van der Waals surface area (Å²) < 4.78 is 46.6. The number of phenolic OH excluding ortho intramolecular Hbond substituents is 1. The van der Waals surface area contributed by atoms with Gasteiger partial charge in [-0.15, -0.1) is 0 Å². The predicted octanol–water partition coefficient (Wildman–Crippen LogP) is 2.86. The maximum absolute atomic E-state index is 13.8. The van der Waals surface area contributed by atoms with Crippen molar-refractivity contribution in [1.29, 1.82) is 0 Å². The number of ketones is 1. The summed E-state index contributed by atoms with van der Waals surface area (Å²) in [6.45, 7) is 0.385. The molecule has 0 unspecified atom stereocenters. The predicted molar refractivity (Wildman–Crippen MR) is 100 cm³/mol. The van der Waals surface area contributed by atoms with Gasteiger partial charge in [0.05, 0.1) is 17.7 Å². The quantitative estimate of drug-likeness (QED) is 0.849. The number of nitrogens with zero attached hydrogens (tertiary/aromatic N) is 1. The van der Waals surface area contributed by atoms with E-state index in [0.29, 0.717) is 24.2 Å². The van der Waals surface area contributed by atoms with Gasteiger partial charge in [0.25, 0.3) is 0 Å². The van der Waals surface area contributed by atoms with Crippen LogP contribution in [0.2, 0.25) is 0 Å². The number of hydrogen-bond donors (Lipinski definition) is 1. The number of benzene rings is 2. The molecule has 1 N–H and O–H groups in total. The van der Waals surface area contributed by atoms with Crippen molar-refractivity contribution >= 4 is 15.8 Å². The van der Waals surface area contributed by atoms with E-state index in [4.69, 9.17) is 4.74 Å². The third-order valence-corrected chi connectivity index (χ3v) is 7.23. The molecular weight excluding hydrogens is 385 g/mol. The van der Waals surface area contributed by atoms with Crippen molar-refractivity contribution in [3.8, 4) is 11.5 Å². The second kappa shape index (κ2) is 6.86. The number of halogens is 1. The fraction of sp³-hybridized carbons (Fsp3) is 0.350. The normalized spacial score (nSPS) is 19.2. The lowest BCUT2D eigenvalue weighted by Gasteiger charge is -2.43. The van der Waals surface area contributed by atoms with Gasteiger partial charge in [0.1, 0.15) is 22.9 Å². The van der Waals surface area contributed by atoms with Gasteiger partial charge in [0.15, 0.2) is 5.78 Å². The van der Waals surface area contributed by atoms with Crippen molar-refractivity contribution in [1.82, 2.24) is 4.31 Å². The molecule has 28 heavy (non-hydrogen) atoms. The topological polar surface area (TPSA) is 83.9 Å². The van der Waals surface area contributed by atoms with Gasteiger partial charge >= 0.3 is 0 Å². The van der Waals surface area contributed by atoms with E-state index >= 15 is 0 Å². The maximum Gasteiger partial charge on any atom is 0.218 e. The Morgan fingerprint density at radius 2 is 1.86 bits per heavy atom. The van der Waals surface area contributed by atoms with Crippen LogP contribution in [0.3, 0.4) is 0 Å². The molecule has 0 amide bonds. The Balaban J connectivity index is 1.49. The molecule has 1 spiro atoms. The zero-order valence-electron chi connectivity index (χ0n) is 15.1. The minimum Gasteiger partial charge on any atom is -0.508 e. The molecule has 0 radical (unpaired) electrons. The zero-order chi connectivity index (χ0) is 19.9. The number of fused-ring (bicyclic) bond motifs is 1. The number of sulfonamides is 1. The summed E-state index contributed by atoms with van der Waals surface area (Å²) in [4.78, 5) is 12.5. The summed E-state index contributed by atoms with van der Waals surface area (Å²) in [6, 6.07) is 10.2. The lowest BCUT2D eigenvalue weighted by molar-refractivity contribution is 0.00577. The van der Waals surface area contributed by atoms with Crippen LogP contribution < -0.4 is 4.74 Å². The second-order valence-electron chi connectivity index (χ2n) is 7.31. The molecule has 148 valence electrons. The molecule has 0 atom stereocenters. The Labute approximate surface area is 162 Å². The molecule has 0 aromatic heterocycles. The van der Waals surface area contributed by atoms with E-state index in [1.54, 1.807) is 6.07 Å². The van der Waals surface area contributed by atoms with E-state index in [9.17, 15) is 22.7 Å². The van der Waals surface area contributed by atoms with Crippen LogP contribution in [0.4, 0.5) is 4.39 Å². The van der Waals surface area contributed by atoms with Crippen LogP contribution in [0.25, 0.3) is 0 Å². The first-order valence-corrected chi connectivity index (χ1v) is 10.7. The number of aromatic hydroxyl groups is 1. The fourth-order valence-corrected chi connectivity index (χ4v) is 5.39. The van der Waals surface area contributed by atoms with Gasteiger partial charge in [0.2, 0.25) is 10.0 Å². The largest absolute Gasteiger partial charge is 0.508 e. The number of phenols is 1. The van der Waals surface area contributed by atoms with Gasteiger partial charge in [-0.05, 0) is 18.2 Å². The van der Waals surface area contributed by atoms with Crippen molar-refractivity contribution in [3.63, 3.8) is 0 Å². The van der Waals surface area contributed by atoms with Crippen LogP contribution in [0.15, 0.2) is 42.5 Å². The third kappa shape index (κ3) is 3.49. The first-order chi connectivity index (χ1) is 13.3. The number of ether oxygens (including phenoxy) is 1. The Morgan fingerprint density at radius 1 is 1.14 bits per heavy atom. The summed E-state index contributed by atoms with van der Waals surface area (Å²) in [5, 5.41) is 9.66. The highest BCUT2D eigenvalue weighted by atomic mass is 32.2. The second-order valence-corrected chi connectivity index (χ2v) is 9.28. The van der Waals surface area contributed by atoms with Gasteiger partial charge in [-0.2, -0.15) is 0 Å². The summed E-state index contributed by atoms with van der Waals surface area (Å²) >= 11 is 0. The molecule has 0 aliphatic carbocycles. The van der Waals surface area contributed by atoms with Crippen LogP contribution in [-0.2, 0) is 15.8 Å². The minimum atomic E-state index is -3.68. The smallest absolute Gasteiger partial charge is 0.218 e. The minimum absolute atomic E-state index is 0.00787. The van der Waals surface area contributed by atoms with Crippen LogP contribution in [-0.4, -0.2) is 42.3 Å². The van der Waals surface area contributed by atoms with Gasteiger partial charge < -0.3 is 9.84 Å². The molecule has 2 aliphatic heterocycles. The van der Waals surface area contributed by atoms with Crippen molar-refractivity contribution in [2.75, 3.05) is 13.1 Å². The maximum atomic E-state index is 13.8. The lowest BCUT2D eigenvalue weighted by Crippen LogP contribution is -2.52. The molecule has 2 heterocycles. The van der Waals surface area contributed by atoms with Gasteiger partial charge in [-0.1, -0.05) is 18.2 Å². The number of piperidine rings is 1. The van der Waals surface area contributed by atoms with Gasteiger partial charge in [-0.25, -0.2) is 17.1 Å². The molecule has 8 heteroatoms. The summed E-state index contributed by atoms with van der Waals surface area (Å²) in [5.74, 6) is -0.683. The van der Waals surface area contributed by atoms with E-state index in [0.717, 1.165) is 0 Å². The standard InChI is InChI=1S/C20H20FNO5S/c21-17-4-2-1-3-14(17)13-28(25,26)22-9-7-20(8-10-22)12-18(24)16-6-5-15(23)11-19(16)27-20/h1-6,11,23H,7-10,12-13H2.